The molecule has 20 nitrogen and oxygen atoms in total. The number of nitrogens with two attached hydrogens (primary N) is 1. The van der Waals surface area contributed by atoms with E-state index in [1.165, 1.54) is 20.8 Å². The van der Waals surface area contributed by atoms with Crippen LogP contribution in [0.4, 0.5) is 0 Å². The number of hydrogen-bond acceptors (Lipinski definition) is 12. The molecule has 0 aliphatic heterocycles. The maximum Gasteiger partial charge on any atom is 0.451 e. The van der Waals surface area contributed by atoms with Crippen molar-refractivity contribution in [3.63, 3.8) is 0 Å². The molecule has 0 spiro atoms. The molecule has 0 radical (unpaired) electrons. The maximum atomic E-state index is 15.0. The van der Waals surface area contributed by atoms with Crippen molar-refractivity contribution in [2.75, 3.05) is 6.54 Å². The van der Waals surface area contributed by atoms with E-state index < -0.39 is 128 Å². The van der Waals surface area contributed by atoms with E-state index >= 15 is 0 Å². The standard InChI is InChI=1S/C40H63BN6O14/c1-23(2)20-28(36(56)43-19-11-7-10-18-41(60)61)45-38(58)34(40(4,5)6)47(30(48)15-17-32(51)52)39(59)29(21-25-13-9-8-12-24(25)3)46-37(57)27(14-16-31(49)50)44-35(55)26(42)22-33(53)54/h8-9,12-13,23,26-29,34,60-61H,7,10-11,14-22,42H2,1-6H3,(H,43,56)(H,44,55)(H,45,58)(H,46,57)(H,49,50)(H,51,52)(H,53,54)/t26-,27-,28-,29-,34+/m0/s1. The van der Waals surface area contributed by atoms with Crippen molar-refractivity contribution in [2.45, 2.75) is 142 Å². The van der Waals surface area contributed by atoms with Gasteiger partial charge in [0.05, 0.1) is 18.9 Å². The highest BCUT2D eigenvalue weighted by Gasteiger charge is 2.46. The Labute approximate surface area is 355 Å². The zero-order valence-corrected chi connectivity index (χ0v) is 35.8. The number of carboxylic acid groups (broad SMARTS) is 3. The van der Waals surface area contributed by atoms with Gasteiger partial charge in [-0.1, -0.05) is 71.7 Å². The van der Waals surface area contributed by atoms with Crippen molar-refractivity contribution < 1.29 is 68.5 Å². The first-order chi connectivity index (χ1) is 28.3. The number of imide groups is 1. The van der Waals surface area contributed by atoms with Crippen LogP contribution in [0.1, 0.15) is 104 Å². The second-order valence-corrected chi connectivity index (χ2v) is 16.5. The summed E-state index contributed by atoms with van der Waals surface area (Å²) in [7, 11) is -1.45. The molecule has 0 aromatic heterocycles. The molecule has 0 heterocycles. The van der Waals surface area contributed by atoms with Crippen molar-refractivity contribution in [2.24, 2.45) is 17.1 Å². The number of aliphatic carboxylic acids is 3. The Hall–Kier alpha value is -5.41. The molecule has 0 aliphatic rings. The molecule has 61 heavy (non-hydrogen) atoms. The van der Waals surface area contributed by atoms with Gasteiger partial charge >= 0.3 is 25.0 Å². The summed E-state index contributed by atoms with van der Waals surface area (Å²) in [6.45, 7) is 10.1. The van der Waals surface area contributed by atoms with E-state index in [1.54, 1.807) is 31.2 Å². The van der Waals surface area contributed by atoms with Crippen molar-refractivity contribution in [3.05, 3.63) is 35.4 Å². The number of nitrogens with one attached hydrogen (secondary N) is 4. The van der Waals surface area contributed by atoms with Crippen LogP contribution >= 0.6 is 0 Å². The van der Waals surface area contributed by atoms with Gasteiger partial charge < -0.3 is 52.4 Å². The Morgan fingerprint density at radius 2 is 1.33 bits per heavy atom. The Balaban J connectivity index is 3.81. The molecule has 1 aromatic rings. The smallest absolute Gasteiger partial charge is 0.451 e. The minimum absolute atomic E-state index is 0.132. The first-order valence-electron chi connectivity index (χ1n) is 20.2. The Morgan fingerprint density at radius 3 is 1.87 bits per heavy atom. The molecule has 11 N–H and O–H groups in total. The van der Waals surface area contributed by atoms with Gasteiger partial charge in [0.1, 0.15) is 24.2 Å². The normalized spacial score (nSPS) is 13.7. The number of aryl methyl sites for hydroxylation is 1. The average Bonchev–Trinajstić information content (AvgIpc) is 3.14. The van der Waals surface area contributed by atoms with Crippen molar-refractivity contribution >= 4 is 60.5 Å². The average molecular weight is 863 g/mol. The number of carbonyl (C=O) groups excluding carboxylic acids is 6. The van der Waals surface area contributed by atoms with Crippen LogP contribution in [0.3, 0.4) is 0 Å². The van der Waals surface area contributed by atoms with Gasteiger partial charge in [0, 0.05) is 25.8 Å². The van der Waals surface area contributed by atoms with Gasteiger partial charge in [0.15, 0.2) is 0 Å². The predicted molar refractivity (Wildman–Crippen MR) is 221 cm³/mol. The zero-order valence-electron chi connectivity index (χ0n) is 35.8. The fourth-order valence-electron chi connectivity index (χ4n) is 6.34. The largest absolute Gasteiger partial charge is 0.481 e. The van der Waals surface area contributed by atoms with Gasteiger partial charge in [-0.15, -0.1) is 0 Å². The Kier molecular flexibility index (Phi) is 22.9. The highest BCUT2D eigenvalue weighted by molar-refractivity contribution is 6.40. The third-order valence-electron chi connectivity index (χ3n) is 9.48. The summed E-state index contributed by atoms with van der Waals surface area (Å²) < 4.78 is 0. The van der Waals surface area contributed by atoms with Crippen molar-refractivity contribution in [1.82, 2.24) is 26.2 Å². The fourth-order valence-corrected chi connectivity index (χ4v) is 6.34. The van der Waals surface area contributed by atoms with E-state index in [0.29, 0.717) is 35.3 Å². The monoisotopic (exact) mass is 862 g/mol. The molecule has 0 aliphatic carbocycles. The molecular weight excluding hydrogens is 799 g/mol. The molecular formula is C40H63BN6O14. The lowest BCUT2D eigenvalue weighted by Crippen LogP contribution is -2.64. The third kappa shape index (κ3) is 20.1. The van der Waals surface area contributed by atoms with Gasteiger partial charge in [-0.3, -0.25) is 48.1 Å². The molecule has 5 atom stereocenters. The second-order valence-electron chi connectivity index (χ2n) is 16.5. The van der Waals surface area contributed by atoms with Gasteiger partial charge in [-0.25, -0.2) is 0 Å². The highest BCUT2D eigenvalue weighted by Crippen LogP contribution is 2.28. The summed E-state index contributed by atoms with van der Waals surface area (Å²) in [6, 6.07) is -1.19. The third-order valence-corrected chi connectivity index (χ3v) is 9.48. The van der Waals surface area contributed by atoms with Gasteiger partial charge in [0.2, 0.25) is 29.5 Å². The lowest BCUT2D eigenvalue weighted by atomic mass is 9.83. The number of hydrogen-bond donors (Lipinski definition) is 10. The molecule has 6 amide bonds. The summed E-state index contributed by atoms with van der Waals surface area (Å²) in [4.78, 5) is 119. The van der Waals surface area contributed by atoms with Crippen LogP contribution in [0.15, 0.2) is 24.3 Å². The van der Waals surface area contributed by atoms with Crippen LogP contribution < -0.4 is 27.0 Å². The zero-order chi connectivity index (χ0) is 46.6. The quantitative estimate of drug-likeness (QED) is 0.0414. The molecule has 0 fully saturated rings. The molecule has 340 valence electrons. The van der Waals surface area contributed by atoms with Gasteiger partial charge in [0.25, 0.3) is 5.91 Å². The van der Waals surface area contributed by atoms with E-state index in [0.717, 1.165) is 0 Å². The lowest BCUT2D eigenvalue weighted by Gasteiger charge is -2.40. The van der Waals surface area contributed by atoms with Crippen molar-refractivity contribution in [3.8, 4) is 0 Å². The number of nitrogens with zero attached hydrogens (tertiary/aromatic N) is 1. The van der Waals surface area contributed by atoms with Crippen LogP contribution in [0.2, 0.25) is 6.32 Å². The minimum atomic E-state index is -1.71. The summed E-state index contributed by atoms with van der Waals surface area (Å²) in [6.07, 6.45) is -1.96. The van der Waals surface area contributed by atoms with E-state index in [4.69, 9.17) is 20.9 Å². The summed E-state index contributed by atoms with van der Waals surface area (Å²) in [5, 5.41) is 56.3. The Morgan fingerprint density at radius 1 is 0.738 bits per heavy atom. The number of carbonyl (C=O) groups is 9. The lowest BCUT2D eigenvalue weighted by molar-refractivity contribution is -0.159. The molecule has 1 aromatic carbocycles. The number of unbranched alkanes of at least 4 members (excludes halogenated alkanes) is 2. The number of amides is 6. The van der Waals surface area contributed by atoms with Gasteiger partial charge in [-0.2, -0.15) is 0 Å². The number of benzene rings is 1. The summed E-state index contributed by atoms with van der Waals surface area (Å²) >= 11 is 0. The highest BCUT2D eigenvalue weighted by atomic mass is 16.4. The first kappa shape index (κ1) is 53.6. The number of carboxylic acids is 3. The van der Waals surface area contributed by atoms with E-state index in [1.807, 2.05) is 13.8 Å². The van der Waals surface area contributed by atoms with Crippen molar-refractivity contribution in [1.29, 1.82) is 0 Å². The topological polar surface area (TPSA) is 332 Å². The molecule has 0 saturated heterocycles. The van der Waals surface area contributed by atoms with Crippen LogP contribution in [0.5, 0.6) is 0 Å². The Bertz CT molecular complexity index is 1700. The SMILES string of the molecule is Cc1ccccc1C[C@H](NC(=O)[C@H](CCC(=O)O)NC(=O)[C@@H](N)CC(=O)O)C(=O)N(C(=O)CCC(=O)O)[C@H](C(=O)N[C@@H](CC(C)C)C(=O)NCCCCCB(O)O)C(C)(C)C. The fraction of sp³-hybridized carbons (Fsp3) is 0.625. The van der Waals surface area contributed by atoms with E-state index in [-0.39, 0.29) is 31.6 Å². The molecule has 0 unspecified atom stereocenters. The second kappa shape index (κ2) is 26.0. The van der Waals surface area contributed by atoms with Crippen LogP contribution in [-0.2, 0) is 49.6 Å². The van der Waals surface area contributed by atoms with Crippen LogP contribution in [0, 0.1) is 18.3 Å². The summed E-state index contributed by atoms with van der Waals surface area (Å²) in [5.74, 6) is -10.3. The molecule has 21 heteroatoms. The van der Waals surface area contributed by atoms with Gasteiger partial charge in [-0.05, 0) is 55.0 Å². The maximum absolute atomic E-state index is 15.0. The first-order valence-corrected chi connectivity index (χ1v) is 20.2. The molecule has 1 rings (SSSR count). The molecule has 0 saturated carbocycles. The summed E-state index contributed by atoms with van der Waals surface area (Å²) in [5.41, 5.74) is 5.54. The molecule has 0 bridgehead atoms. The number of rotatable bonds is 27. The van der Waals surface area contributed by atoms with Crippen LogP contribution in [-0.4, -0.2) is 127 Å². The van der Waals surface area contributed by atoms with E-state index in [9.17, 15) is 53.4 Å². The minimum Gasteiger partial charge on any atom is -0.481 e. The van der Waals surface area contributed by atoms with E-state index in [2.05, 4.69) is 21.3 Å². The van der Waals surface area contributed by atoms with Crippen LogP contribution in [0.25, 0.3) is 0 Å². The predicted octanol–water partition coefficient (Wildman–Crippen LogP) is 0.0988.